The Labute approximate surface area is 111 Å². The number of nitrogens with zero attached hydrogens (tertiary/aromatic N) is 2. The summed E-state index contributed by atoms with van der Waals surface area (Å²) in [6.45, 7) is 5.34. The van der Waals surface area contributed by atoms with E-state index in [1.807, 2.05) is 0 Å². The highest BCUT2D eigenvalue weighted by atomic mass is 15.3. The summed E-state index contributed by atoms with van der Waals surface area (Å²) in [4.78, 5) is 0. The van der Waals surface area contributed by atoms with Gasteiger partial charge in [0.25, 0.3) is 0 Å². The summed E-state index contributed by atoms with van der Waals surface area (Å²) in [6, 6.07) is 2.79. The molecule has 0 saturated heterocycles. The predicted octanol–water partition coefficient (Wildman–Crippen LogP) is 3.31. The van der Waals surface area contributed by atoms with E-state index >= 15 is 0 Å². The number of rotatable bonds is 5. The fourth-order valence-corrected chi connectivity index (χ4v) is 3.26. The summed E-state index contributed by atoms with van der Waals surface area (Å²) in [5, 5.41) is 8.23. The third-order valence-electron chi connectivity index (χ3n) is 4.27. The smallest absolute Gasteiger partial charge is 0.0625 e. The van der Waals surface area contributed by atoms with Gasteiger partial charge in [-0.1, -0.05) is 26.2 Å². The highest BCUT2D eigenvalue weighted by Crippen LogP contribution is 2.34. The Morgan fingerprint density at radius 3 is 2.61 bits per heavy atom. The van der Waals surface area contributed by atoms with Gasteiger partial charge in [-0.2, -0.15) is 5.10 Å². The third-order valence-corrected chi connectivity index (χ3v) is 4.27. The highest BCUT2D eigenvalue weighted by molar-refractivity contribution is 5.15. The van der Waals surface area contributed by atoms with Crippen molar-refractivity contribution in [2.24, 2.45) is 5.92 Å². The largest absolute Gasteiger partial charge is 0.311 e. The van der Waals surface area contributed by atoms with Gasteiger partial charge in [0.2, 0.25) is 0 Å². The first kappa shape index (κ1) is 13.6. The monoisotopic (exact) mass is 249 g/mol. The maximum Gasteiger partial charge on any atom is 0.0625 e. The minimum absolute atomic E-state index is 0.484. The van der Waals surface area contributed by atoms with Crippen LogP contribution in [0.15, 0.2) is 6.07 Å². The first-order valence-electron chi connectivity index (χ1n) is 7.54. The van der Waals surface area contributed by atoms with Crippen molar-refractivity contribution >= 4 is 0 Å². The minimum Gasteiger partial charge on any atom is -0.311 e. The van der Waals surface area contributed by atoms with Crippen LogP contribution in [0.25, 0.3) is 0 Å². The second-order valence-electron chi connectivity index (χ2n) is 5.39. The molecule has 18 heavy (non-hydrogen) atoms. The van der Waals surface area contributed by atoms with Crippen LogP contribution in [0, 0.1) is 5.92 Å². The van der Waals surface area contributed by atoms with E-state index in [-0.39, 0.29) is 0 Å². The van der Waals surface area contributed by atoms with Crippen LogP contribution in [-0.2, 0) is 13.0 Å². The molecular weight excluding hydrogens is 222 g/mol. The number of hydrogen-bond acceptors (Lipinski definition) is 2. The van der Waals surface area contributed by atoms with Crippen molar-refractivity contribution in [3.05, 3.63) is 17.5 Å². The lowest BCUT2D eigenvalue weighted by atomic mass is 9.82. The second-order valence-corrected chi connectivity index (χ2v) is 5.39. The summed E-state index contributed by atoms with van der Waals surface area (Å²) in [5.41, 5.74) is 2.62. The Morgan fingerprint density at radius 2 is 2.06 bits per heavy atom. The van der Waals surface area contributed by atoms with Gasteiger partial charge >= 0.3 is 0 Å². The van der Waals surface area contributed by atoms with Crippen molar-refractivity contribution < 1.29 is 0 Å². The van der Waals surface area contributed by atoms with Gasteiger partial charge in [-0.3, -0.25) is 4.68 Å². The quantitative estimate of drug-likeness (QED) is 0.867. The first-order chi connectivity index (χ1) is 8.80. The van der Waals surface area contributed by atoms with Crippen LogP contribution >= 0.6 is 0 Å². The molecule has 102 valence electrons. The Hall–Kier alpha value is -0.830. The number of nitrogens with one attached hydrogen (secondary N) is 1. The average Bonchev–Trinajstić information content (AvgIpc) is 2.84. The molecule has 0 amide bonds. The van der Waals surface area contributed by atoms with E-state index in [1.54, 1.807) is 0 Å². The molecule has 0 bridgehead atoms. The van der Waals surface area contributed by atoms with Gasteiger partial charge in [0.05, 0.1) is 17.4 Å². The topological polar surface area (TPSA) is 29.9 Å². The van der Waals surface area contributed by atoms with E-state index in [1.165, 1.54) is 43.5 Å². The molecule has 2 rings (SSSR count). The van der Waals surface area contributed by atoms with Gasteiger partial charge in [0.1, 0.15) is 0 Å². The average molecular weight is 249 g/mol. The van der Waals surface area contributed by atoms with E-state index in [4.69, 9.17) is 0 Å². The molecule has 1 aromatic heterocycles. The zero-order valence-corrected chi connectivity index (χ0v) is 12.1. The molecule has 3 heteroatoms. The molecule has 1 fully saturated rings. The van der Waals surface area contributed by atoms with Gasteiger partial charge in [0, 0.05) is 6.54 Å². The van der Waals surface area contributed by atoms with Crippen LogP contribution in [0.2, 0.25) is 0 Å². The zero-order chi connectivity index (χ0) is 13.0. The van der Waals surface area contributed by atoms with E-state index in [0.29, 0.717) is 6.04 Å². The van der Waals surface area contributed by atoms with E-state index in [0.717, 1.165) is 18.9 Å². The lowest BCUT2D eigenvalue weighted by molar-refractivity contribution is 0.271. The molecule has 0 aromatic carbocycles. The van der Waals surface area contributed by atoms with Gasteiger partial charge in [-0.05, 0) is 45.2 Å². The van der Waals surface area contributed by atoms with Crippen LogP contribution < -0.4 is 5.32 Å². The molecule has 0 radical (unpaired) electrons. The van der Waals surface area contributed by atoms with Crippen molar-refractivity contribution in [2.75, 3.05) is 7.05 Å². The zero-order valence-electron chi connectivity index (χ0n) is 12.1. The standard InChI is InChI=1S/C15H27N3/c1-4-13-11-14(18(5-2)17-13)15(16-3)12-9-7-6-8-10-12/h11-12,15-16H,4-10H2,1-3H3. The summed E-state index contributed by atoms with van der Waals surface area (Å²) >= 11 is 0. The summed E-state index contributed by atoms with van der Waals surface area (Å²) in [6.07, 6.45) is 7.96. The molecule has 1 atom stereocenters. The fraction of sp³-hybridized carbons (Fsp3) is 0.800. The van der Waals surface area contributed by atoms with Crippen molar-refractivity contribution in [1.29, 1.82) is 0 Å². The normalized spacial score (nSPS) is 19.1. The molecular formula is C15H27N3. The van der Waals surface area contributed by atoms with Gasteiger partial charge < -0.3 is 5.32 Å². The molecule has 0 aliphatic heterocycles. The lowest BCUT2D eigenvalue weighted by Gasteiger charge is -2.30. The molecule has 1 heterocycles. The fourth-order valence-electron chi connectivity index (χ4n) is 3.26. The second kappa shape index (κ2) is 6.37. The van der Waals surface area contributed by atoms with Crippen molar-refractivity contribution in [1.82, 2.24) is 15.1 Å². The molecule has 1 unspecified atom stereocenters. The molecule has 1 aromatic rings. The Kier molecular flexibility index (Phi) is 4.81. The maximum absolute atomic E-state index is 4.69. The number of hydrogen-bond donors (Lipinski definition) is 1. The van der Waals surface area contributed by atoms with E-state index < -0.39 is 0 Å². The van der Waals surface area contributed by atoms with Crippen LogP contribution in [0.5, 0.6) is 0 Å². The molecule has 1 aliphatic carbocycles. The van der Waals surface area contributed by atoms with Crippen LogP contribution in [0.1, 0.15) is 63.4 Å². The lowest BCUT2D eigenvalue weighted by Crippen LogP contribution is -2.29. The van der Waals surface area contributed by atoms with Crippen molar-refractivity contribution in [3.63, 3.8) is 0 Å². The number of aryl methyl sites for hydroxylation is 2. The first-order valence-corrected chi connectivity index (χ1v) is 7.54. The maximum atomic E-state index is 4.69. The summed E-state index contributed by atoms with van der Waals surface area (Å²) in [5.74, 6) is 0.787. The van der Waals surface area contributed by atoms with Crippen LogP contribution in [0.4, 0.5) is 0 Å². The van der Waals surface area contributed by atoms with Gasteiger partial charge in [-0.25, -0.2) is 0 Å². The summed E-state index contributed by atoms with van der Waals surface area (Å²) < 4.78 is 2.19. The van der Waals surface area contributed by atoms with Crippen molar-refractivity contribution in [2.45, 2.75) is 65.0 Å². The van der Waals surface area contributed by atoms with Crippen molar-refractivity contribution in [3.8, 4) is 0 Å². The Morgan fingerprint density at radius 1 is 1.33 bits per heavy atom. The molecule has 3 nitrogen and oxygen atoms in total. The highest BCUT2D eigenvalue weighted by Gasteiger charge is 2.26. The molecule has 1 saturated carbocycles. The Bertz CT molecular complexity index is 364. The SMILES string of the molecule is CCc1cc(C(NC)C2CCCCC2)n(CC)n1. The third kappa shape index (κ3) is 2.77. The summed E-state index contributed by atoms with van der Waals surface area (Å²) in [7, 11) is 2.10. The molecule has 1 aliphatic rings. The predicted molar refractivity (Wildman–Crippen MR) is 75.7 cm³/mol. The number of aromatic nitrogens is 2. The van der Waals surface area contributed by atoms with Crippen LogP contribution in [-0.4, -0.2) is 16.8 Å². The van der Waals surface area contributed by atoms with E-state index in [9.17, 15) is 0 Å². The molecule has 1 N–H and O–H groups in total. The Balaban J connectivity index is 2.22. The van der Waals surface area contributed by atoms with E-state index in [2.05, 4.69) is 42.1 Å². The van der Waals surface area contributed by atoms with Crippen LogP contribution in [0.3, 0.4) is 0 Å². The minimum atomic E-state index is 0.484. The van der Waals surface area contributed by atoms with Gasteiger partial charge in [-0.15, -0.1) is 0 Å². The molecule has 0 spiro atoms. The van der Waals surface area contributed by atoms with Gasteiger partial charge in [0.15, 0.2) is 0 Å².